The molecule has 0 fully saturated rings. The van der Waals surface area contributed by atoms with E-state index in [9.17, 15) is 25.9 Å². The van der Waals surface area contributed by atoms with Crippen LogP contribution in [0.2, 0.25) is 0 Å². The molecule has 3 aromatic carbocycles. The Morgan fingerprint density at radius 3 is 2.40 bits per heavy atom. The second-order valence-electron chi connectivity index (χ2n) is 9.79. The zero-order valence-electron chi connectivity index (χ0n) is 22.0. The molecule has 2 heterocycles. The van der Waals surface area contributed by atoms with Gasteiger partial charge in [-0.1, -0.05) is 47.4 Å². The zero-order valence-corrected chi connectivity index (χ0v) is 25.3. The lowest BCUT2D eigenvalue weighted by atomic mass is 10.1. The van der Waals surface area contributed by atoms with Gasteiger partial charge in [0.2, 0.25) is 5.52 Å². The average molecular weight is 621 g/mol. The van der Waals surface area contributed by atoms with Gasteiger partial charge in [-0.05, 0) is 42.1 Å². The predicted molar refractivity (Wildman–Crippen MR) is 164 cm³/mol. The molecule has 0 spiro atoms. The summed E-state index contributed by atoms with van der Waals surface area (Å²) >= 11 is 3.18. The molecule has 1 aromatic heterocycles. The van der Waals surface area contributed by atoms with Crippen LogP contribution < -0.4 is 14.4 Å². The number of aromatic nitrogens is 1. The highest BCUT2D eigenvalue weighted by Gasteiger charge is 2.29. The van der Waals surface area contributed by atoms with E-state index in [0.717, 1.165) is 47.3 Å². The van der Waals surface area contributed by atoms with Crippen LogP contribution in [0, 0.1) is 0 Å². The van der Waals surface area contributed by atoms with E-state index in [4.69, 9.17) is 0 Å². The minimum atomic E-state index is -4.10. The van der Waals surface area contributed by atoms with Gasteiger partial charge in [0.05, 0.1) is 33.7 Å². The molecule has 0 unspecified atom stereocenters. The molecule has 4 aromatic rings. The van der Waals surface area contributed by atoms with Gasteiger partial charge in [0.1, 0.15) is 4.70 Å². The fourth-order valence-electron chi connectivity index (χ4n) is 4.83. The lowest BCUT2D eigenvalue weighted by molar-refractivity contribution is -0.667. The molecule has 212 valence electrons. The van der Waals surface area contributed by atoms with Crippen LogP contribution in [0.4, 0.5) is 11.4 Å². The van der Waals surface area contributed by atoms with Crippen LogP contribution >= 0.6 is 23.1 Å². The highest BCUT2D eigenvalue weighted by Crippen LogP contribution is 2.48. The molecular formula is C27H30N3O6S4+. The fraction of sp³-hybridized carbons (Fsp3) is 0.296. The molecule has 1 aliphatic rings. The maximum Gasteiger partial charge on any atom is 0.265 e. The molecule has 0 saturated carbocycles. The molecule has 1 aliphatic heterocycles. The monoisotopic (exact) mass is 620 g/mol. The van der Waals surface area contributed by atoms with Gasteiger partial charge in [-0.3, -0.25) is 9.11 Å². The number of hydrogen-bond acceptors (Lipinski definition) is 8. The first kappa shape index (κ1) is 28.8. The molecule has 0 saturated heterocycles. The summed E-state index contributed by atoms with van der Waals surface area (Å²) in [4.78, 5) is 5.12. The van der Waals surface area contributed by atoms with Crippen molar-refractivity contribution >= 4 is 81.8 Å². The summed E-state index contributed by atoms with van der Waals surface area (Å²) in [5, 5.41) is 3.93. The number of nitrogens with zero attached hydrogens (tertiary/aromatic N) is 3. The van der Waals surface area contributed by atoms with E-state index in [2.05, 4.69) is 33.7 Å². The van der Waals surface area contributed by atoms with Crippen molar-refractivity contribution in [2.75, 3.05) is 41.9 Å². The van der Waals surface area contributed by atoms with Crippen molar-refractivity contribution in [2.24, 2.45) is 0 Å². The molecule has 9 nitrogen and oxygen atoms in total. The number of rotatable bonds is 10. The van der Waals surface area contributed by atoms with Gasteiger partial charge in [0.15, 0.2) is 6.54 Å². The molecule has 0 atom stereocenters. The third-order valence-electron chi connectivity index (χ3n) is 6.66. The Balaban J connectivity index is 1.61. The lowest BCUT2D eigenvalue weighted by Crippen LogP contribution is -2.36. The van der Waals surface area contributed by atoms with Gasteiger partial charge in [-0.15, -0.1) is 0 Å². The van der Waals surface area contributed by atoms with Crippen molar-refractivity contribution in [1.82, 2.24) is 0 Å². The number of anilines is 2. The lowest BCUT2D eigenvalue weighted by Gasteiger charge is -2.20. The molecular weight excluding hydrogens is 591 g/mol. The Bertz CT molecular complexity index is 1830. The van der Waals surface area contributed by atoms with Crippen LogP contribution in [-0.4, -0.2) is 58.1 Å². The average Bonchev–Trinajstić information content (AvgIpc) is 3.40. The Morgan fingerprint density at radius 1 is 0.950 bits per heavy atom. The molecule has 2 N–H and O–H groups in total. The molecule has 0 bridgehead atoms. The highest BCUT2D eigenvalue weighted by atomic mass is 32.2. The zero-order chi connectivity index (χ0) is 28.7. The van der Waals surface area contributed by atoms with E-state index >= 15 is 0 Å². The van der Waals surface area contributed by atoms with Crippen molar-refractivity contribution in [1.29, 1.82) is 0 Å². The second kappa shape index (κ2) is 11.3. The number of aryl methyl sites for hydroxylation is 1. The quantitative estimate of drug-likeness (QED) is 0.189. The first-order chi connectivity index (χ1) is 18.9. The minimum Gasteiger partial charge on any atom is -0.378 e. The van der Waals surface area contributed by atoms with Gasteiger partial charge in [-0.2, -0.15) is 21.4 Å². The molecule has 0 aliphatic carbocycles. The smallest absolute Gasteiger partial charge is 0.265 e. The van der Waals surface area contributed by atoms with E-state index in [1.54, 1.807) is 23.1 Å². The standard InChI is InChI=1S/C27H29N3O6S4/c1-28(2)20-10-11-22-24(17-20)38-25(29(22)13-5-15-39(31,32)33)18-26-30(14-6-16-40(34,35)36)27-21-8-4-3-7-19(21)9-12-23(27)37-26/h3-4,7-12,17-18H,5-6,13-16H2,1-2H3,(H-,31,32,33,34,35,36)/p+1. The Labute approximate surface area is 242 Å². The third-order valence-corrected chi connectivity index (χ3v) is 10.5. The van der Waals surface area contributed by atoms with Gasteiger partial charge in [0.25, 0.3) is 25.2 Å². The van der Waals surface area contributed by atoms with Crippen LogP contribution in [-0.2, 0) is 26.8 Å². The maximum atomic E-state index is 11.5. The Kier molecular flexibility index (Phi) is 8.15. The van der Waals surface area contributed by atoms with E-state index in [1.807, 2.05) is 55.4 Å². The summed E-state index contributed by atoms with van der Waals surface area (Å²) in [6, 6.07) is 18.3. The Morgan fingerprint density at radius 2 is 1.68 bits per heavy atom. The summed E-state index contributed by atoms with van der Waals surface area (Å²) in [6.07, 6.45) is 2.55. The molecule has 0 amide bonds. The molecule has 13 heteroatoms. The minimum absolute atomic E-state index is 0.242. The first-order valence-corrected chi connectivity index (χ1v) is 17.5. The summed E-state index contributed by atoms with van der Waals surface area (Å²) in [7, 11) is -4.24. The normalized spacial score (nSPS) is 14.9. The van der Waals surface area contributed by atoms with Crippen molar-refractivity contribution in [3.05, 3.63) is 64.6 Å². The van der Waals surface area contributed by atoms with Crippen LogP contribution in [0.5, 0.6) is 0 Å². The number of hydrogen-bond donors (Lipinski definition) is 2. The number of thioether (sulfide) groups is 1. The van der Waals surface area contributed by atoms with Gasteiger partial charge in [0, 0.05) is 37.6 Å². The first-order valence-electron chi connectivity index (χ1n) is 12.6. The summed E-state index contributed by atoms with van der Waals surface area (Å²) in [5.41, 5.74) is 3.00. The predicted octanol–water partition coefficient (Wildman–Crippen LogP) is 4.87. The topological polar surface area (TPSA) is 119 Å². The number of fused-ring (bicyclic) bond motifs is 4. The van der Waals surface area contributed by atoms with Crippen molar-refractivity contribution < 1.29 is 30.5 Å². The maximum absolute atomic E-state index is 11.5. The van der Waals surface area contributed by atoms with E-state index in [0.29, 0.717) is 13.1 Å². The second-order valence-corrected chi connectivity index (χ2v) is 15.1. The van der Waals surface area contributed by atoms with Crippen molar-refractivity contribution in [2.45, 2.75) is 24.3 Å². The summed E-state index contributed by atoms with van der Waals surface area (Å²) in [5.74, 6) is -0.676. The van der Waals surface area contributed by atoms with Crippen LogP contribution in [0.1, 0.15) is 17.8 Å². The number of benzene rings is 3. The summed E-state index contributed by atoms with van der Waals surface area (Å²) < 4.78 is 67.6. The molecule has 40 heavy (non-hydrogen) atoms. The van der Waals surface area contributed by atoms with Crippen LogP contribution in [0.15, 0.2) is 64.5 Å². The van der Waals surface area contributed by atoms with Crippen molar-refractivity contribution in [3.63, 3.8) is 0 Å². The molecule has 0 radical (unpaired) electrons. The third kappa shape index (κ3) is 6.45. The number of thiazole rings is 1. The molecule has 5 rings (SSSR count). The van der Waals surface area contributed by atoms with Crippen LogP contribution in [0.25, 0.3) is 27.1 Å². The summed E-state index contributed by atoms with van der Waals surface area (Å²) in [6.45, 7) is 0.779. The van der Waals surface area contributed by atoms with Crippen LogP contribution in [0.3, 0.4) is 0 Å². The van der Waals surface area contributed by atoms with E-state index < -0.39 is 20.2 Å². The van der Waals surface area contributed by atoms with E-state index in [1.165, 1.54) is 0 Å². The van der Waals surface area contributed by atoms with Gasteiger partial charge in [-0.25, -0.2) is 0 Å². The fourth-order valence-corrected chi connectivity index (χ4v) is 8.19. The van der Waals surface area contributed by atoms with Gasteiger partial charge < -0.3 is 9.80 Å². The SMILES string of the molecule is CN(C)c1ccc2c(c1)SC(=Cc1sc3ccc4ccccc4c3[n+]1CCCS(=O)(=O)O)N2CCCS(=O)(=O)O. The highest BCUT2D eigenvalue weighted by molar-refractivity contribution is 8.04. The van der Waals surface area contributed by atoms with Crippen molar-refractivity contribution in [3.8, 4) is 0 Å². The largest absolute Gasteiger partial charge is 0.378 e. The Hall–Kier alpha value is -2.68. The van der Waals surface area contributed by atoms with Gasteiger partial charge >= 0.3 is 0 Å². The van der Waals surface area contributed by atoms with E-state index in [-0.39, 0.29) is 24.3 Å².